The Morgan fingerprint density at radius 1 is 1.33 bits per heavy atom. The lowest BCUT2D eigenvalue weighted by molar-refractivity contribution is 0.180. The zero-order valence-corrected chi connectivity index (χ0v) is 11.9. The normalized spacial score (nSPS) is 18.2. The van der Waals surface area contributed by atoms with Crippen molar-refractivity contribution >= 4 is 11.6 Å². The molecule has 1 aromatic heterocycles. The first-order valence-corrected chi connectivity index (χ1v) is 6.67. The molecule has 4 heteroatoms. The van der Waals surface area contributed by atoms with Gasteiger partial charge in [0.2, 0.25) is 0 Å². The van der Waals surface area contributed by atoms with Crippen molar-refractivity contribution in [1.29, 1.82) is 0 Å². The van der Waals surface area contributed by atoms with Crippen LogP contribution in [-0.2, 0) is 5.41 Å². The summed E-state index contributed by atoms with van der Waals surface area (Å²) in [4.78, 5) is 8.87. The van der Waals surface area contributed by atoms with Crippen LogP contribution in [0, 0.1) is 5.41 Å². The van der Waals surface area contributed by atoms with Gasteiger partial charge in [0.1, 0.15) is 17.5 Å². The summed E-state index contributed by atoms with van der Waals surface area (Å²) >= 11 is 0. The van der Waals surface area contributed by atoms with E-state index in [9.17, 15) is 0 Å². The summed E-state index contributed by atoms with van der Waals surface area (Å²) in [5, 5.41) is 3.41. The first-order valence-electron chi connectivity index (χ1n) is 6.67. The number of rotatable bonds is 3. The van der Waals surface area contributed by atoms with Crippen LogP contribution in [0.5, 0.6) is 0 Å². The Kier molecular flexibility index (Phi) is 3.21. The zero-order chi connectivity index (χ0) is 13.4. The molecule has 4 nitrogen and oxygen atoms in total. The molecule has 0 amide bonds. The van der Waals surface area contributed by atoms with Crippen molar-refractivity contribution < 1.29 is 0 Å². The van der Waals surface area contributed by atoms with Crippen LogP contribution in [0.4, 0.5) is 11.6 Å². The fourth-order valence-corrected chi connectivity index (χ4v) is 2.15. The van der Waals surface area contributed by atoms with Crippen molar-refractivity contribution in [3.05, 3.63) is 11.9 Å². The highest BCUT2D eigenvalue weighted by Crippen LogP contribution is 2.40. The van der Waals surface area contributed by atoms with E-state index in [-0.39, 0.29) is 5.41 Å². The predicted octanol–water partition coefficient (Wildman–Crippen LogP) is 2.96. The Morgan fingerprint density at radius 2 is 2.00 bits per heavy atom. The predicted molar refractivity (Wildman–Crippen MR) is 75.6 cm³/mol. The zero-order valence-electron chi connectivity index (χ0n) is 11.9. The SMILES string of the molecule is CC1(CNc2cc(N)nc(C(C)(C)C)n2)CCC1. The van der Waals surface area contributed by atoms with Crippen molar-refractivity contribution in [2.75, 3.05) is 17.6 Å². The van der Waals surface area contributed by atoms with Gasteiger partial charge in [-0.05, 0) is 18.3 Å². The largest absolute Gasteiger partial charge is 0.384 e. The molecule has 0 atom stereocenters. The number of hydrogen-bond acceptors (Lipinski definition) is 4. The molecule has 18 heavy (non-hydrogen) atoms. The maximum absolute atomic E-state index is 5.85. The van der Waals surface area contributed by atoms with Gasteiger partial charge in [0, 0.05) is 18.0 Å². The van der Waals surface area contributed by atoms with E-state index in [0.717, 1.165) is 18.2 Å². The number of nitrogens with one attached hydrogen (secondary N) is 1. The van der Waals surface area contributed by atoms with Gasteiger partial charge in [-0.3, -0.25) is 0 Å². The Balaban J connectivity index is 2.10. The van der Waals surface area contributed by atoms with E-state index in [1.807, 2.05) is 6.07 Å². The summed E-state index contributed by atoms with van der Waals surface area (Å²) in [6, 6.07) is 1.82. The quantitative estimate of drug-likeness (QED) is 0.863. The van der Waals surface area contributed by atoms with Crippen molar-refractivity contribution in [3.63, 3.8) is 0 Å². The summed E-state index contributed by atoms with van der Waals surface area (Å²) in [5.41, 5.74) is 6.21. The van der Waals surface area contributed by atoms with Gasteiger partial charge in [-0.2, -0.15) is 0 Å². The lowest BCUT2D eigenvalue weighted by Gasteiger charge is -2.38. The second kappa shape index (κ2) is 4.41. The van der Waals surface area contributed by atoms with Crippen molar-refractivity contribution in [1.82, 2.24) is 9.97 Å². The number of nitrogens with two attached hydrogens (primary N) is 1. The van der Waals surface area contributed by atoms with Crippen LogP contribution >= 0.6 is 0 Å². The third kappa shape index (κ3) is 2.92. The molecule has 1 aliphatic carbocycles. The number of hydrogen-bond donors (Lipinski definition) is 2. The first kappa shape index (κ1) is 13.1. The summed E-state index contributed by atoms with van der Waals surface area (Å²) < 4.78 is 0. The van der Waals surface area contributed by atoms with Crippen molar-refractivity contribution in [2.24, 2.45) is 5.41 Å². The first-order chi connectivity index (χ1) is 8.28. The van der Waals surface area contributed by atoms with E-state index in [1.54, 1.807) is 0 Å². The molecule has 0 unspecified atom stereocenters. The monoisotopic (exact) mass is 248 g/mol. The molecule has 1 saturated carbocycles. The fraction of sp³-hybridized carbons (Fsp3) is 0.714. The van der Waals surface area contributed by atoms with Gasteiger partial charge < -0.3 is 11.1 Å². The summed E-state index contributed by atoms with van der Waals surface area (Å²) in [6.07, 6.45) is 3.94. The maximum atomic E-state index is 5.85. The lowest BCUT2D eigenvalue weighted by Crippen LogP contribution is -2.33. The Labute approximate surface area is 109 Å². The molecule has 0 aromatic carbocycles. The fourth-order valence-electron chi connectivity index (χ4n) is 2.15. The molecular formula is C14H24N4. The van der Waals surface area contributed by atoms with Gasteiger partial charge in [-0.1, -0.05) is 34.1 Å². The molecule has 1 aliphatic rings. The summed E-state index contributed by atoms with van der Waals surface area (Å²) in [5.74, 6) is 2.18. The molecule has 2 rings (SSSR count). The third-order valence-electron chi connectivity index (χ3n) is 3.67. The standard InChI is InChI=1S/C14H24N4/c1-13(2,3)12-17-10(15)8-11(18-12)16-9-14(4)6-5-7-14/h8H,5-7,9H2,1-4H3,(H3,15,16,17,18). The van der Waals surface area contributed by atoms with Crippen LogP contribution in [-0.4, -0.2) is 16.5 Å². The number of nitrogens with zero attached hydrogens (tertiary/aromatic N) is 2. The summed E-state index contributed by atoms with van der Waals surface area (Å²) in [6.45, 7) is 9.57. The van der Waals surface area contributed by atoms with E-state index in [1.165, 1.54) is 19.3 Å². The molecule has 1 fully saturated rings. The second-order valence-electron chi connectivity index (χ2n) is 6.77. The van der Waals surface area contributed by atoms with Gasteiger partial charge in [0.25, 0.3) is 0 Å². The minimum atomic E-state index is -0.0772. The van der Waals surface area contributed by atoms with Crippen LogP contribution < -0.4 is 11.1 Å². The van der Waals surface area contributed by atoms with Crippen LogP contribution in [0.15, 0.2) is 6.07 Å². The van der Waals surface area contributed by atoms with E-state index in [0.29, 0.717) is 11.2 Å². The molecule has 0 bridgehead atoms. The van der Waals surface area contributed by atoms with Gasteiger partial charge in [-0.25, -0.2) is 9.97 Å². The van der Waals surface area contributed by atoms with E-state index in [2.05, 4.69) is 43.0 Å². The molecule has 0 spiro atoms. The average Bonchev–Trinajstić information content (AvgIpc) is 2.22. The van der Waals surface area contributed by atoms with Gasteiger partial charge in [0.05, 0.1) is 0 Å². The van der Waals surface area contributed by atoms with Crippen LogP contribution in [0.2, 0.25) is 0 Å². The average molecular weight is 248 g/mol. The molecule has 0 saturated heterocycles. The molecule has 1 aromatic rings. The third-order valence-corrected chi connectivity index (χ3v) is 3.67. The number of nitrogen functional groups attached to an aromatic ring is 1. The molecule has 0 radical (unpaired) electrons. The van der Waals surface area contributed by atoms with Gasteiger partial charge in [-0.15, -0.1) is 0 Å². The second-order valence-corrected chi connectivity index (χ2v) is 6.77. The minimum absolute atomic E-state index is 0.0772. The Morgan fingerprint density at radius 3 is 2.50 bits per heavy atom. The molecule has 100 valence electrons. The minimum Gasteiger partial charge on any atom is -0.384 e. The van der Waals surface area contributed by atoms with Crippen LogP contribution in [0.3, 0.4) is 0 Å². The topological polar surface area (TPSA) is 63.8 Å². The smallest absolute Gasteiger partial charge is 0.138 e. The lowest BCUT2D eigenvalue weighted by atomic mass is 9.70. The number of aromatic nitrogens is 2. The van der Waals surface area contributed by atoms with E-state index >= 15 is 0 Å². The summed E-state index contributed by atoms with van der Waals surface area (Å²) in [7, 11) is 0. The highest BCUT2D eigenvalue weighted by Gasteiger charge is 2.31. The molecule has 0 aliphatic heterocycles. The van der Waals surface area contributed by atoms with E-state index in [4.69, 9.17) is 5.73 Å². The molecular weight excluding hydrogens is 224 g/mol. The van der Waals surface area contributed by atoms with Crippen molar-refractivity contribution in [3.8, 4) is 0 Å². The number of anilines is 2. The molecule has 1 heterocycles. The van der Waals surface area contributed by atoms with Crippen LogP contribution in [0.1, 0.15) is 52.8 Å². The van der Waals surface area contributed by atoms with Crippen molar-refractivity contribution in [2.45, 2.75) is 52.4 Å². The van der Waals surface area contributed by atoms with Crippen LogP contribution in [0.25, 0.3) is 0 Å². The van der Waals surface area contributed by atoms with Gasteiger partial charge >= 0.3 is 0 Å². The Hall–Kier alpha value is -1.32. The molecule has 3 N–H and O–H groups in total. The maximum Gasteiger partial charge on any atom is 0.138 e. The van der Waals surface area contributed by atoms with E-state index < -0.39 is 0 Å². The highest BCUT2D eigenvalue weighted by molar-refractivity contribution is 5.45. The Bertz CT molecular complexity index is 430. The van der Waals surface area contributed by atoms with Gasteiger partial charge in [0.15, 0.2) is 0 Å². The highest BCUT2D eigenvalue weighted by atomic mass is 15.1.